The van der Waals surface area contributed by atoms with Crippen LogP contribution in [0.3, 0.4) is 0 Å². The maximum Gasteiger partial charge on any atom is 0.295 e. The molecule has 0 bridgehead atoms. The summed E-state index contributed by atoms with van der Waals surface area (Å²) >= 11 is 0. The third-order valence-electron chi connectivity index (χ3n) is 6.65. The fourth-order valence-electron chi connectivity index (χ4n) is 4.75. The quantitative estimate of drug-likeness (QED) is 0.259. The Morgan fingerprint density at radius 2 is 1.76 bits per heavy atom. The zero-order valence-corrected chi connectivity index (χ0v) is 22.0. The first-order valence-corrected chi connectivity index (χ1v) is 12.9. The summed E-state index contributed by atoms with van der Waals surface area (Å²) in [5, 5.41) is 0.426. The first kappa shape index (κ1) is 25.4. The van der Waals surface area contributed by atoms with Crippen molar-refractivity contribution in [3.63, 3.8) is 0 Å². The highest BCUT2D eigenvalue weighted by Gasteiger charge is 2.44. The van der Waals surface area contributed by atoms with Gasteiger partial charge in [-0.2, -0.15) is 0 Å². The second-order valence-corrected chi connectivity index (χ2v) is 9.62. The van der Waals surface area contributed by atoms with Crippen LogP contribution in [-0.2, 0) is 0 Å². The SMILES string of the molecule is CCOc1cc(C2c3c(oc4ccccc4c3=O)C(=O)N2c2cccc(OC)c2)ccc1OCCC(C)C. The lowest BCUT2D eigenvalue weighted by atomic mass is 9.97. The van der Waals surface area contributed by atoms with Gasteiger partial charge in [0.15, 0.2) is 16.9 Å². The Balaban J connectivity index is 1.68. The van der Waals surface area contributed by atoms with Gasteiger partial charge in [-0.15, -0.1) is 0 Å². The molecule has 38 heavy (non-hydrogen) atoms. The first-order chi connectivity index (χ1) is 18.4. The van der Waals surface area contributed by atoms with Gasteiger partial charge in [0.05, 0.1) is 37.3 Å². The van der Waals surface area contributed by atoms with E-state index >= 15 is 0 Å². The van der Waals surface area contributed by atoms with E-state index < -0.39 is 11.9 Å². The molecule has 4 aromatic rings. The van der Waals surface area contributed by atoms with Crippen molar-refractivity contribution in [1.29, 1.82) is 0 Å². The Bertz CT molecular complexity index is 1540. The van der Waals surface area contributed by atoms with Crippen LogP contribution in [0.4, 0.5) is 5.69 Å². The van der Waals surface area contributed by atoms with Gasteiger partial charge >= 0.3 is 0 Å². The Kier molecular flexibility index (Phi) is 7.09. The molecule has 0 aliphatic carbocycles. The predicted molar refractivity (Wildman–Crippen MR) is 147 cm³/mol. The second-order valence-electron chi connectivity index (χ2n) is 9.62. The number of hydrogen-bond donors (Lipinski definition) is 0. The number of rotatable bonds is 9. The van der Waals surface area contributed by atoms with Crippen LogP contribution in [0.1, 0.15) is 54.9 Å². The summed E-state index contributed by atoms with van der Waals surface area (Å²) in [6.45, 7) is 7.20. The number of amides is 1. The van der Waals surface area contributed by atoms with Crippen LogP contribution in [0, 0.1) is 5.92 Å². The largest absolute Gasteiger partial charge is 0.497 e. The number of methoxy groups -OCH3 is 1. The van der Waals surface area contributed by atoms with Gasteiger partial charge in [-0.25, -0.2) is 0 Å². The number of fused-ring (bicyclic) bond motifs is 2. The van der Waals surface area contributed by atoms with Gasteiger partial charge in [-0.05, 0) is 61.2 Å². The predicted octanol–water partition coefficient (Wildman–Crippen LogP) is 6.38. The summed E-state index contributed by atoms with van der Waals surface area (Å²) in [4.78, 5) is 29.3. The van der Waals surface area contributed by atoms with Gasteiger partial charge in [0, 0.05) is 11.8 Å². The average Bonchev–Trinajstić information content (AvgIpc) is 3.22. The zero-order valence-electron chi connectivity index (χ0n) is 22.0. The van der Waals surface area contributed by atoms with Crippen molar-refractivity contribution in [2.24, 2.45) is 5.92 Å². The van der Waals surface area contributed by atoms with Crippen LogP contribution in [0.15, 0.2) is 75.9 Å². The van der Waals surface area contributed by atoms with Crippen LogP contribution in [0.5, 0.6) is 17.2 Å². The van der Waals surface area contributed by atoms with Crippen LogP contribution in [0.2, 0.25) is 0 Å². The average molecular weight is 514 g/mol. The minimum absolute atomic E-state index is 0.0386. The third-order valence-corrected chi connectivity index (χ3v) is 6.65. The molecule has 0 radical (unpaired) electrons. The van der Waals surface area contributed by atoms with Crippen molar-refractivity contribution >= 4 is 22.6 Å². The smallest absolute Gasteiger partial charge is 0.295 e. The highest BCUT2D eigenvalue weighted by atomic mass is 16.5. The monoisotopic (exact) mass is 513 g/mol. The minimum atomic E-state index is -0.727. The lowest BCUT2D eigenvalue weighted by Crippen LogP contribution is -2.29. The van der Waals surface area contributed by atoms with Crippen molar-refractivity contribution in [3.05, 3.63) is 93.8 Å². The molecule has 1 aliphatic heterocycles. The normalized spacial score (nSPS) is 14.7. The van der Waals surface area contributed by atoms with E-state index in [1.165, 1.54) is 0 Å². The molecule has 0 fully saturated rings. The lowest BCUT2D eigenvalue weighted by molar-refractivity contribution is 0.0971. The molecule has 196 valence electrons. The van der Waals surface area contributed by atoms with E-state index in [0.717, 1.165) is 6.42 Å². The standard InChI is InChI=1S/C31H31NO6/c1-5-36-26-17-20(13-14-25(26)37-16-15-19(2)3)28-27-29(33)23-11-6-7-12-24(23)38-30(27)31(34)32(28)21-9-8-10-22(18-21)35-4/h6-14,17-19,28H,5,15-16H2,1-4H3. The minimum Gasteiger partial charge on any atom is -0.497 e. The molecule has 7 nitrogen and oxygen atoms in total. The molecule has 5 rings (SSSR count). The molecule has 1 aliphatic rings. The van der Waals surface area contributed by atoms with E-state index in [4.69, 9.17) is 18.6 Å². The van der Waals surface area contributed by atoms with Crippen molar-refractivity contribution in [2.45, 2.75) is 33.2 Å². The molecule has 0 N–H and O–H groups in total. The molecule has 1 amide bonds. The summed E-state index contributed by atoms with van der Waals surface area (Å²) in [5.41, 5.74) is 1.74. The van der Waals surface area contributed by atoms with E-state index in [1.54, 1.807) is 48.4 Å². The molecule has 2 heterocycles. The van der Waals surface area contributed by atoms with Crippen molar-refractivity contribution < 1.29 is 23.4 Å². The Labute approximate surface area is 221 Å². The lowest BCUT2D eigenvalue weighted by Gasteiger charge is -2.26. The summed E-state index contributed by atoms with van der Waals surface area (Å²) in [7, 11) is 1.57. The van der Waals surface area contributed by atoms with Gasteiger partial charge in [-0.1, -0.05) is 38.1 Å². The summed E-state index contributed by atoms with van der Waals surface area (Å²) in [5.74, 6) is 1.94. The van der Waals surface area contributed by atoms with E-state index in [9.17, 15) is 9.59 Å². The molecule has 0 saturated carbocycles. The number of benzene rings is 3. The van der Waals surface area contributed by atoms with Gasteiger partial charge in [0.2, 0.25) is 5.76 Å². The molecule has 1 atom stereocenters. The number of carbonyl (C=O) groups excluding carboxylic acids is 1. The van der Waals surface area contributed by atoms with Crippen LogP contribution in [-0.4, -0.2) is 26.2 Å². The topological polar surface area (TPSA) is 78.2 Å². The van der Waals surface area contributed by atoms with E-state index in [2.05, 4.69) is 13.8 Å². The second kappa shape index (κ2) is 10.6. The Morgan fingerprint density at radius 1 is 0.947 bits per heavy atom. The van der Waals surface area contributed by atoms with E-state index in [-0.39, 0.29) is 11.2 Å². The van der Waals surface area contributed by atoms with E-state index in [0.29, 0.717) is 64.2 Å². The van der Waals surface area contributed by atoms with Crippen molar-refractivity contribution in [2.75, 3.05) is 25.2 Å². The van der Waals surface area contributed by atoms with Gasteiger partial charge in [0.1, 0.15) is 11.3 Å². The summed E-state index contributed by atoms with van der Waals surface area (Å²) < 4.78 is 23.4. The molecular weight excluding hydrogens is 482 g/mol. The number of hydrogen-bond acceptors (Lipinski definition) is 6. The number of ether oxygens (including phenoxy) is 3. The maximum atomic E-state index is 13.9. The molecule has 7 heteroatoms. The number of carbonyl (C=O) groups is 1. The maximum absolute atomic E-state index is 13.9. The molecule has 3 aromatic carbocycles. The molecular formula is C31H31NO6. The molecule has 0 spiro atoms. The Morgan fingerprint density at radius 3 is 2.53 bits per heavy atom. The fourth-order valence-corrected chi connectivity index (χ4v) is 4.75. The molecule has 1 aromatic heterocycles. The highest BCUT2D eigenvalue weighted by molar-refractivity contribution is 6.10. The zero-order chi connectivity index (χ0) is 26.8. The summed E-state index contributed by atoms with van der Waals surface area (Å²) in [6, 6.07) is 19.0. The fraction of sp³-hybridized carbons (Fsp3) is 0.290. The van der Waals surface area contributed by atoms with Gasteiger partial charge in [-0.3, -0.25) is 14.5 Å². The third kappa shape index (κ3) is 4.60. The molecule has 0 saturated heterocycles. The molecule has 1 unspecified atom stereocenters. The highest BCUT2D eigenvalue weighted by Crippen LogP contribution is 2.44. The van der Waals surface area contributed by atoms with Crippen LogP contribution < -0.4 is 24.5 Å². The Hall–Kier alpha value is -4.26. The number of nitrogens with zero attached hydrogens (tertiary/aromatic N) is 1. The van der Waals surface area contributed by atoms with Crippen molar-refractivity contribution in [3.8, 4) is 17.2 Å². The number of anilines is 1. The van der Waals surface area contributed by atoms with E-state index in [1.807, 2.05) is 37.3 Å². The van der Waals surface area contributed by atoms with Crippen molar-refractivity contribution in [1.82, 2.24) is 0 Å². The first-order valence-electron chi connectivity index (χ1n) is 12.9. The van der Waals surface area contributed by atoms with Gasteiger partial charge < -0.3 is 18.6 Å². The van der Waals surface area contributed by atoms with Gasteiger partial charge in [0.25, 0.3) is 5.91 Å². The number of para-hydroxylation sites is 1. The summed E-state index contributed by atoms with van der Waals surface area (Å²) in [6.07, 6.45) is 0.912. The van der Waals surface area contributed by atoms with Crippen LogP contribution >= 0.6 is 0 Å². The van der Waals surface area contributed by atoms with Crippen LogP contribution in [0.25, 0.3) is 11.0 Å².